The third-order valence-corrected chi connectivity index (χ3v) is 4.06. The molecule has 0 radical (unpaired) electrons. The first-order valence-electron chi connectivity index (χ1n) is 6.76. The Kier molecular flexibility index (Phi) is 6.67. The van der Waals surface area contributed by atoms with Gasteiger partial charge >= 0.3 is 6.61 Å². The Morgan fingerprint density at radius 3 is 2.65 bits per heavy atom. The van der Waals surface area contributed by atoms with E-state index in [1.54, 1.807) is 30.0 Å². The van der Waals surface area contributed by atoms with Gasteiger partial charge in [-0.1, -0.05) is 17.7 Å². The number of hydrogen-bond acceptors (Lipinski definition) is 3. The maximum absolute atomic E-state index is 12.2. The fraction of sp³-hybridized carbons (Fsp3) is 0.188. The highest BCUT2D eigenvalue weighted by atomic mass is 35.5. The van der Waals surface area contributed by atoms with E-state index < -0.39 is 6.61 Å². The van der Waals surface area contributed by atoms with Crippen molar-refractivity contribution in [1.82, 2.24) is 5.32 Å². The molecular weight excluding hydrogens is 344 g/mol. The molecule has 2 rings (SSSR count). The molecule has 0 bridgehead atoms. The maximum Gasteiger partial charge on any atom is 0.387 e. The van der Waals surface area contributed by atoms with Crippen molar-refractivity contribution >= 4 is 29.3 Å². The van der Waals surface area contributed by atoms with Crippen LogP contribution in [0.2, 0.25) is 5.02 Å². The maximum atomic E-state index is 12.2. The summed E-state index contributed by atoms with van der Waals surface area (Å²) in [5.41, 5.74) is 0.277. The number of ether oxygens (including phenoxy) is 1. The molecule has 0 aliphatic rings. The Labute approximate surface area is 142 Å². The summed E-state index contributed by atoms with van der Waals surface area (Å²) >= 11 is 7.38. The van der Waals surface area contributed by atoms with Gasteiger partial charge in [-0.15, -0.1) is 11.8 Å². The number of carbonyl (C=O) groups excluding carboxylic acids is 1. The molecular formula is C16H14ClF2NO2S. The van der Waals surface area contributed by atoms with Gasteiger partial charge in [0.15, 0.2) is 0 Å². The molecule has 1 amide bonds. The molecule has 0 aromatic heterocycles. The molecule has 0 heterocycles. The summed E-state index contributed by atoms with van der Waals surface area (Å²) in [6.45, 7) is -2.46. The van der Waals surface area contributed by atoms with E-state index in [4.69, 9.17) is 11.6 Å². The van der Waals surface area contributed by atoms with Crippen LogP contribution in [0.15, 0.2) is 53.4 Å². The van der Waals surface area contributed by atoms with E-state index in [9.17, 15) is 13.6 Å². The number of halogens is 3. The van der Waals surface area contributed by atoms with Crippen LogP contribution in [0.25, 0.3) is 0 Å². The number of benzene rings is 2. The third-order valence-electron chi connectivity index (χ3n) is 2.79. The van der Waals surface area contributed by atoms with Crippen LogP contribution in [0.3, 0.4) is 0 Å². The predicted octanol–water partition coefficient (Wildman–Crippen LogP) is 4.46. The van der Waals surface area contributed by atoms with Crippen molar-refractivity contribution in [2.75, 3.05) is 12.3 Å². The first-order chi connectivity index (χ1) is 11.0. The lowest BCUT2D eigenvalue weighted by molar-refractivity contribution is -0.0498. The van der Waals surface area contributed by atoms with Crippen LogP contribution in [0.1, 0.15) is 10.4 Å². The van der Waals surface area contributed by atoms with E-state index in [0.29, 0.717) is 17.3 Å². The second-order valence-electron chi connectivity index (χ2n) is 4.46. The molecule has 0 spiro atoms. The van der Waals surface area contributed by atoms with Gasteiger partial charge in [0, 0.05) is 27.8 Å². The monoisotopic (exact) mass is 357 g/mol. The lowest BCUT2D eigenvalue weighted by Gasteiger charge is -2.08. The molecule has 0 unspecified atom stereocenters. The number of rotatable bonds is 7. The second-order valence-corrected chi connectivity index (χ2v) is 6.07. The van der Waals surface area contributed by atoms with Crippen LogP contribution in [-0.2, 0) is 0 Å². The summed E-state index contributed by atoms with van der Waals surface area (Å²) in [4.78, 5) is 13.0. The number of carbonyl (C=O) groups is 1. The molecule has 1 N–H and O–H groups in total. The third kappa shape index (κ3) is 6.08. The summed E-state index contributed by atoms with van der Waals surface area (Å²) < 4.78 is 28.6. The zero-order valence-corrected chi connectivity index (χ0v) is 13.5. The molecule has 23 heavy (non-hydrogen) atoms. The minimum Gasteiger partial charge on any atom is -0.435 e. The zero-order valence-electron chi connectivity index (χ0n) is 12.0. The number of thioether (sulfide) groups is 1. The normalized spacial score (nSPS) is 10.6. The van der Waals surface area contributed by atoms with Crippen molar-refractivity contribution in [2.45, 2.75) is 11.5 Å². The van der Waals surface area contributed by atoms with E-state index in [2.05, 4.69) is 10.1 Å². The average Bonchev–Trinajstić information content (AvgIpc) is 2.52. The van der Waals surface area contributed by atoms with Crippen molar-refractivity contribution in [3.8, 4) is 5.75 Å². The van der Waals surface area contributed by atoms with Gasteiger partial charge in [0.1, 0.15) is 5.75 Å². The average molecular weight is 358 g/mol. The molecule has 0 saturated carbocycles. The van der Waals surface area contributed by atoms with E-state index in [-0.39, 0.29) is 17.2 Å². The lowest BCUT2D eigenvalue weighted by Crippen LogP contribution is -2.25. The van der Waals surface area contributed by atoms with Crippen LogP contribution in [0, 0.1) is 0 Å². The second kappa shape index (κ2) is 8.74. The summed E-state index contributed by atoms with van der Waals surface area (Å²) in [6.07, 6.45) is 0. The van der Waals surface area contributed by atoms with Gasteiger partial charge in [-0.25, -0.2) is 0 Å². The molecule has 0 atom stereocenters. The Balaban J connectivity index is 1.79. The number of hydrogen-bond donors (Lipinski definition) is 1. The molecule has 122 valence electrons. The van der Waals surface area contributed by atoms with Crippen molar-refractivity contribution < 1.29 is 18.3 Å². The molecule has 2 aromatic rings. The van der Waals surface area contributed by atoms with E-state index in [0.717, 1.165) is 4.90 Å². The number of alkyl halides is 2. The molecule has 0 saturated heterocycles. The van der Waals surface area contributed by atoms with E-state index >= 15 is 0 Å². The molecule has 2 aromatic carbocycles. The Morgan fingerprint density at radius 1 is 1.22 bits per heavy atom. The van der Waals surface area contributed by atoms with Crippen LogP contribution < -0.4 is 10.1 Å². The standard InChI is InChI=1S/C16H14ClF2NO2S/c17-12-4-6-14(7-5-12)23-9-8-20-15(21)11-2-1-3-13(10-11)22-16(18)19/h1-7,10,16H,8-9H2,(H,20,21). The lowest BCUT2D eigenvalue weighted by atomic mass is 10.2. The smallest absolute Gasteiger partial charge is 0.387 e. The van der Waals surface area contributed by atoms with E-state index in [1.807, 2.05) is 12.1 Å². The van der Waals surface area contributed by atoms with Gasteiger partial charge in [0.2, 0.25) is 0 Å². The first-order valence-corrected chi connectivity index (χ1v) is 8.12. The highest BCUT2D eigenvalue weighted by Crippen LogP contribution is 2.20. The fourth-order valence-corrected chi connectivity index (χ4v) is 2.67. The van der Waals surface area contributed by atoms with Crippen LogP contribution >= 0.6 is 23.4 Å². The zero-order chi connectivity index (χ0) is 16.7. The van der Waals surface area contributed by atoms with Crippen molar-refractivity contribution in [2.24, 2.45) is 0 Å². The topological polar surface area (TPSA) is 38.3 Å². The van der Waals surface area contributed by atoms with Gasteiger partial charge < -0.3 is 10.1 Å². The minimum atomic E-state index is -2.91. The van der Waals surface area contributed by atoms with Gasteiger partial charge in [-0.3, -0.25) is 4.79 Å². The summed E-state index contributed by atoms with van der Waals surface area (Å²) in [5, 5.41) is 3.41. The molecule has 3 nitrogen and oxygen atoms in total. The van der Waals surface area contributed by atoms with Crippen molar-refractivity contribution in [1.29, 1.82) is 0 Å². The van der Waals surface area contributed by atoms with Gasteiger partial charge in [0.05, 0.1) is 0 Å². The minimum absolute atomic E-state index is 0.0387. The van der Waals surface area contributed by atoms with Crippen LogP contribution in [0.5, 0.6) is 5.75 Å². The Morgan fingerprint density at radius 2 is 1.96 bits per heavy atom. The van der Waals surface area contributed by atoms with E-state index in [1.165, 1.54) is 18.2 Å². The number of amides is 1. The number of nitrogens with one attached hydrogen (secondary N) is 1. The summed E-state index contributed by atoms with van der Waals surface area (Å²) in [7, 11) is 0. The highest BCUT2D eigenvalue weighted by Gasteiger charge is 2.09. The molecule has 0 aliphatic heterocycles. The largest absolute Gasteiger partial charge is 0.435 e. The summed E-state index contributed by atoms with van der Waals surface area (Å²) in [5.74, 6) is 0.310. The van der Waals surface area contributed by atoms with Crippen molar-refractivity contribution in [3.05, 3.63) is 59.1 Å². The summed E-state index contributed by atoms with van der Waals surface area (Å²) in [6, 6.07) is 13.1. The molecule has 0 aliphatic carbocycles. The van der Waals surface area contributed by atoms with Gasteiger partial charge in [0.25, 0.3) is 5.91 Å². The fourth-order valence-electron chi connectivity index (χ4n) is 1.78. The van der Waals surface area contributed by atoms with Crippen LogP contribution in [-0.4, -0.2) is 24.8 Å². The first kappa shape index (κ1) is 17.6. The molecule has 0 fully saturated rings. The van der Waals surface area contributed by atoms with Gasteiger partial charge in [-0.05, 0) is 42.5 Å². The van der Waals surface area contributed by atoms with Crippen molar-refractivity contribution in [3.63, 3.8) is 0 Å². The van der Waals surface area contributed by atoms with Gasteiger partial charge in [-0.2, -0.15) is 8.78 Å². The SMILES string of the molecule is O=C(NCCSc1ccc(Cl)cc1)c1cccc(OC(F)F)c1. The Hall–Kier alpha value is -1.79. The molecule has 7 heteroatoms. The predicted molar refractivity (Wildman–Crippen MR) is 87.6 cm³/mol. The van der Waals surface area contributed by atoms with Crippen LogP contribution in [0.4, 0.5) is 8.78 Å². The highest BCUT2D eigenvalue weighted by molar-refractivity contribution is 7.99. The quantitative estimate of drug-likeness (QED) is 0.587. The Bertz CT molecular complexity index is 653.